The number of ketones is 1. The maximum Gasteiger partial charge on any atom is 0.354 e. The molecule has 2 saturated carbocycles. The fraction of sp³-hybridized carbons (Fsp3) is 0.488. The summed E-state index contributed by atoms with van der Waals surface area (Å²) in [6, 6.07) is 3.00. The topological polar surface area (TPSA) is 310 Å². The molecule has 71 heavy (non-hydrogen) atoms. The summed E-state index contributed by atoms with van der Waals surface area (Å²) < 4.78 is 91.8. The van der Waals surface area contributed by atoms with Gasteiger partial charge in [-0.05, 0) is 56.8 Å². The largest absolute Gasteiger partial charge is 0.870 e. The summed E-state index contributed by atoms with van der Waals surface area (Å²) in [6.45, 7) is 6.64. The zero-order valence-electron chi connectivity index (χ0n) is 42.0. The predicted octanol–water partition coefficient (Wildman–Crippen LogP) is 11.6. The van der Waals surface area contributed by atoms with Crippen molar-refractivity contribution >= 4 is 96.4 Å². The van der Waals surface area contributed by atoms with Crippen LogP contribution in [0.2, 0.25) is 20.1 Å². The van der Waals surface area contributed by atoms with Gasteiger partial charge in [0.2, 0.25) is 0 Å². The average Bonchev–Trinajstić information content (AvgIpc) is 4.25. The van der Waals surface area contributed by atoms with E-state index in [0.29, 0.717) is 104 Å². The number of nitrogens with one attached hydrogen (secondary N) is 2. The number of rotatable bonds is 18. The Morgan fingerprint density at radius 1 is 0.718 bits per heavy atom. The van der Waals surface area contributed by atoms with Crippen molar-refractivity contribution in [2.45, 2.75) is 79.6 Å². The molecule has 7 rings (SSSR count). The summed E-state index contributed by atoms with van der Waals surface area (Å²) in [5.41, 5.74) is 6.64. The van der Waals surface area contributed by atoms with Crippen LogP contribution in [0.5, 0.6) is 23.0 Å². The van der Waals surface area contributed by atoms with E-state index in [4.69, 9.17) is 93.0 Å². The fourth-order valence-electron chi connectivity index (χ4n) is 5.67. The smallest absolute Gasteiger partial charge is 0.354 e. The van der Waals surface area contributed by atoms with Crippen molar-refractivity contribution in [2.24, 2.45) is 11.8 Å². The van der Waals surface area contributed by atoms with Gasteiger partial charge < -0.3 is 40.7 Å². The first-order valence-corrected chi connectivity index (χ1v) is 28.0. The SMILES string of the molecule is C.CCCP1(=O)OP(=O)(CCC)OP(=O)(CCC)O1.COc1cnc(C(=O)Cc2c(Cl)c[nH+]cc2Cl)cc1OCC1CC1.COc1cnc(C(=O)O)cc1OCC1CC1.Nc1c(Cl)c[nH+]cc1Cl.[3H]P([3H])[3H].[OH-].[OH-]. The maximum absolute atomic E-state index is 12.5. The highest BCUT2D eigenvalue weighted by atomic mass is 35.5. The molecule has 0 amide bonds. The van der Waals surface area contributed by atoms with E-state index in [1.807, 2.05) is 0 Å². The number of carboxylic acid groups (broad SMARTS) is 1. The van der Waals surface area contributed by atoms with Gasteiger partial charge in [-0.15, -0.1) is 0 Å². The summed E-state index contributed by atoms with van der Waals surface area (Å²) >= 11 is 23.3. The molecule has 4 aromatic heterocycles. The third kappa shape index (κ3) is 22.1. The van der Waals surface area contributed by atoms with E-state index in [9.17, 15) is 23.3 Å². The number of ether oxygens (including phenoxy) is 4. The Bertz CT molecular complexity index is 2420. The fourth-order valence-corrected chi connectivity index (χ4v) is 15.9. The molecular formula is C43H65Cl4N5O15P4. The third-order valence-electron chi connectivity index (χ3n) is 9.46. The number of nitrogen functional groups attached to an aromatic ring is 1. The normalized spacial score (nSPS) is 20.0. The average molecular weight is 1160 g/mol. The molecule has 20 nitrogen and oxygen atoms in total. The number of nitrogens with two attached hydrogens (primary N) is 1. The molecule has 1 saturated heterocycles. The number of Topliss-reactive ketones (excluding diaryl/α,β-unsaturated/α-hetero) is 1. The molecule has 7 N–H and O–H groups in total. The first-order valence-electron chi connectivity index (χ1n) is 22.6. The Hall–Kier alpha value is -3.18. The van der Waals surface area contributed by atoms with Gasteiger partial charge in [-0.25, -0.2) is 37.7 Å². The third-order valence-corrected chi connectivity index (χ3v) is 19.7. The lowest BCUT2D eigenvalue weighted by atomic mass is 10.1. The second-order valence-electron chi connectivity index (χ2n) is 15.3. The van der Waals surface area contributed by atoms with Crippen LogP contribution in [0.25, 0.3) is 0 Å². The molecule has 1 aliphatic heterocycles. The van der Waals surface area contributed by atoms with E-state index in [2.05, 4.69) is 19.9 Å². The Morgan fingerprint density at radius 3 is 1.39 bits per heavy atom. The first-order chi connectivity index (χ1) is 33.5. The van der Waals surface area contributed by atoms with Crippen LogP contribution in [0.15, 0.2) is 49.3 Å². The number of aromatic amines is 2. The molecule has 28 heteroatoms. The number of aromatic nitrogens is 4. The summed E-state index contributed by atoms with van der Waals surface area (Å²) in [7, 11) is -9.53. The van der Waals surface area contributed by atoms with Crippen molar-refractivity contribution in [1.29, 1.82) is 3.84 Å². The maximum atomic E-state index is 12.5. The summed E-state index contributed by atoms with van der Waals surface area (Å²) in [6.07, 6.45) is 15.9. The number of carbonyl (C=O) groups is 2. The molecule has 3 aliphatic rings. The Kier molecular flexibility index (Phi) is 28.2. The minimum absolute atomic E-state index is 0. The number of pyridine rings is 4. The van der Waals surface area contributed by atoms with Crippen molar-refractivity contribution in [3.8, 4) is 23.0 Å². The molecule has 0 radical (unpaired) electrons. The highest BCUT2D eigenvalue weighted by Gasteiger charge is 2.51. The van der Waals surface area contributed by atoms with Crippen molar-refractivity contribution in [3.63, 3.8) is 0 Å². The highest BCUT2D eigenvalue weighted by molar-refractivity contribution is 7.80. The number of hydrogen-bond acceptors (Lipinski definition) is 17. The number of H-pyrrole nitrogens is 2. The number of anilines is 1. The van der Waals surface area contributed by atoms with Crippen molar-refractivity contribution in [2.75, 3.05) is 51.7 Å². The van der Waals surface area contributed by atoms with Crippen LogP contribution in [-0.2, 0) is 33.0 Å². The van der Waals surface area contributed by atoms with Crippen LogP contribution in [-0.4, -0.2) is 87.5 Å². The van der Waals surface area contributed by atoms with Gasteiger partial charge in [-0.3, -0.25) is 18.5 Å². The lowest BCUT2D eigenvalue weighted by molar-refractivity contribution is -0.378. The van der Waals surface area contributed by atoms with E-state index >= 15 is 0 Å². The molecule has 400 valence electrons. The van der Waals surface area contributed by atoms with Crippen molar-refractivity contribution in [1.82, 2.24) is 9.97 Å². The Morgan fingerprint density at radius 2 is 1.07 bits per heavy atom. The lowest BCUT2D eigenvalue weighted by Gasteiger charge is -2.33. The van der Waals surface area contributed by atoms with E-state index in [-0.39, 0.29) is 54.8 Å². The molecule has 0 unspecified atom stereocenters. The number of nitrogens with zero attached hydrogens (tertiary/aromatic N) is 2. The molecular weight excluding hydrogens is 1090 g/mol. The van der Waals surface area contributed by atoms with Crippen LogP contribution in [0, 0.1) is 11.8 Å². The zero-order chi connectivity index (χ0) is 52.9. The number of hydrogen-bond donors (Lipinski definition) is 2. The Balaban J connectivity index is 0.000000961. The highest BCUT2D eigenvalue weighted by Crippen LogP contribution is 2.82. The lowest BCUT2D eigenvalue weighted by Crippen LogP contribution is -2.11. The quantitative estimate of drug-likeness (QED) is 0.0690. The van der Waals surface area contributed by atoms with Gasteiger partial charge in [0.15, 0.2) is 59.3 Å². The molecule has 2 aliphatic carbocycles. The van der Waals surface area contributed by atoms with Gasteiger partial charge >= 0.3 is 28.8 Å². The molecule has 3 fully saturated rings. The molecule has 4 aromatic rings. The molecule has 0 spiro atoms. The van der Waals surface area contributed by atoms with Gasteiger partial charge in [0, 0.05) is 24.1 Å². The van der Waals surface area contributed by atoms with Crippen LogP contribution >= 0.6 is 78.9 Å². The molecule has 0 atom stereocenters. The van der Waals surface area contributed by atoms with Gasteiger partial charge in [0.25, 0.3) is 0 Å². The number of halogens is 4. The second-order valence-corrected chi connectivity index (χ2v) is 23.9. The van der Waals surface area contributed by atoms with Crippen LogP contribution in [0.1, 0.15) is 99.7 Å². The van der Waals surface area contributed by atoms with E-state index in [1.165, 1.54) is 51.3 Å². The molecule has 0 bridgehead atoms. The van der Waals surface area contributed by atoms with Crippen molar-refractivity contribution in [3.05, 3.63) is 86.4 Å². The molecule has 5 heterocycles. The predicted molar refractivity (Wildman–Crippen MR) is 277 cm³/mol. The van der Waals surface area contributed by atoms with Gasteiger partial charge in [0.05, 0.1) is 67.8 Å². The van der Waals surface area contributed by atoms with Crippen LogP contribution < -0.4 is 34.6 Å². The minimum atomic E-state index is -3.57. The number of methoxy groups -OCH3 is 2. The van der Waals surface area contributed by atoms with Crippen LogP contribution in [0.3, 0.4) is 0 Å². The van der Waals surface area contributed by atoms with Gasteiger partial charge in [-0.1, -0.05) is 74.6 Å². The minimum Gasteiger partial charge on any atom is -0.870 e. The Labute approximate surface area is 441 Å². The standard InChI is InChI=1S/C17H16Cl2N2O3.C11H13NO4.C9H21O6P3.C5H4Cl2N2.CH4.2H2O.H3P/c1-23-17-8-21-14(5-16(17)24-9-10-2-3-10)15(22)4-11-12(18)6-20-7-13(11)19;1-15-10-5-12-8(11(13)14)4-9(10)16-6-7-2-3-7;1-4-7-16(10)13-17(11,8-5-2)15-18(12,14-16)9-6-3;6-3-1-9-2-4(7)5(3)8;;;;/h5-8,10H,2-4,9H2,1H3;4-5,7H,2-3,6H2,1H3,(H,13,14);4-9H2,1-3H3;1-2H,(H2,8,9);1H4;2*1H2;1H3/i;;;;;;;1T3. The van der Waals surface area contributed by atoms with Gasteiger partial charge in [0.1, 0.15) is 25.8 Å². The van der Waals surface area contributed by atoms with Crippen LogP contribution in [0.4, 0.5) is 5.69 Å². The van der Waals surface area contributed by atoms with E-state index < -0.39 is 38.5 Å². The zero-order valence-corrected chi connectivity index (χ0v) is 45.6. The summed E-state index contributed by atoms with van der Waals surface area (Å²) in [4.78, 5) is 36.7. The number of carboxylic acids is 1. The molecule has 0 aromatic carbocycles. The van der Waals surface area contributed by atoms with E-state index in [0.717, 1.165) is 0 Å². The van der Waals surface area contributed by atoms with Crippen molar-refractivity contribution < 1.29 is 81.2 Å². The summed E-state index contributed by atoms with van der Waals surface area (Å²) in [5, 5.41) is 10.5. The number of carbonyl (C=O) groups excluding carboxylic acids is 1. The monoisotopic (exact) mass is 1160 g/mol. The number of aromatic carboxylic acids is 1. The van der Waals surface area contributed by atoms with E-state index in [1.54, 1.807) is 58.7 Å². The first kappa shape index (κ1) is 62.1. The second kappa shape index (κ2) is 32.2. The van der Waals surface area contributed by atoms with Gasteiger partial charge in [-0.2, -0.15) is 9.73 Å². The summed E-state index contributed by atoms with van der Waals surface area (Å²) in [5.74, 6) is 1.89.